The first-order chi connectivity index (χ1) is 19.7. The largest absolute Gasteiger partial charge is 0.424 e. The van der Waals surface area contributed by atoms with E-state index in [2.05, 4.69) is 25.6 Å². The molecule has 12 heteroatoms. The second-order valence-electron chi connectivity index (χ2n) is 8.67. The van der Waals surface area contributed by atoms with Crippen LogP contribution in [-0.2, 0) is 6.18 Å². The zero-order valence-electron chi connectivity index (χ0n) is 21.0. The first-order valence-electron chi connectivity index (χ1n) is 12.0. The number of rotatable bonds is 6. The third-order valence-electron chi connectivity index (χ3n) is 5.83. The van der Waals surface area contributed by atoms with E-state index in [0.717, 1.165) is 18.3 Å². The number of pyridine rings is 1. The van der Waals surface area contributed by atoms with Crippen molar-refractivity contribution in [3.63, 3.8) is 0 Å². The Morgan fingerprint density at radius 1 is 0.780 bits per heavy atom. The molecule has 41 heavy (non-hydrogen) atoms. The number of hydrogen-bond donors (Lipinski definition) is 3. The number of carbonyl (C=O) groups is 1. The number of aromatic nitrogens is 3. The van der Waals surface area contributed by atoms with Crippen LogP contribution in [0.25, 0.3) is 22.3 Å². The molecule has 0 saturated carbocycles. The van der Waals surface area contributed by atoms with Gasteiger partial charge in [-0.3, -0.25) is 0 Å². The number of nitrogen functional groups attached to an aromatic ring is 1. The number of nitrogens with zero attached hydrogens (tertiary/aromatic N) is 3. The molecule has 0 atom stereocenters. The third kappa shape index (κ3) is 6.56. The fraction of sp³-hybridized carbons (Fsp3) is 0.0345. The van der Waals surface area contributed by atoms with Gasteiger partial charge in [0, 0.05) is 11.1 Å². The van der Waals surface area contributed by atoms with Gasteiger partial charge in [-0.15, -0.1) is 0 Å². The van der Waals surface area contributed by atoms with E-state index in [1.54, 1.807) is 54.6 Å². The third-order valence-corrected chi connectivity index (χ3v) is 5.83. The van der Waals surface area contributed by atoms with Crippen molar-refractivity contribution in [3.8, 4) is 34.0 Å². The van der Waals surface area contributed by atoms with E-state index in [1.807, 2.05) is 0 Å². The Labute approximate surface area is 230 Å². The number of ether oxygens (including phenoxy) is 1. The minimum Gasteiger partial charge on any atom is -0.424 e. The summed E-state index contributed by atoms with van der Waals surface area (Å²) in [7, 11) is 0. The first kappa shape index (κ1) is 27.1. The van der Waals surface area contributed by atoms with Crippen LogP contribution in [0, 0.1) is 5.82 Å². The maximum Gasteiger partial charge on any atom is 0.416 e. The van der Waals surface area contributed by atoms with E-state index in [4.69, 9.17) is 10.5 Å². The Balaban J connectivity index is 1.26. The molecule has 0 unspecified atom stereocenters. The van der Waals surface area contributed by atoms with Crippen molar-refractivity contribution in [2.75, 3.05) is 16.4 Å². The molecule has 0 bridgehead atoms. The number of nitrogens with two attached hydrogens (primary N) is 1. The van der Waals surface area contributed by atoms with Crippen LogP contribution < -0.4 is 21.1 Å². The predicted octanol–water partition coefficient (Wildman–Crippen LogP) is 7.38. The predicted molar refractivity (Wildman–Crippen MR) is 146 cm³/mol. The molecular weight excluding hydrogens is 540 g/mol. The summed E-state index contributed by atoms with van der Waals surface area (Å²) in [6.45, 7) is 0. The second kappa shape index (κ2) is 11.3. The summed E-state index contributed by atoms with van der Waals surface area (Å²) in [5.74, 6) is 0.0461. The van der Waals surface area contributed by atoms with E-state index in [0.29, 0.717) is 28.0 Å². The SMILES string of the molecule is Nc1ncc(F)cc1-c1ccc(Oc2ncc(NC(=O)Nc3cc(C(F)(F)F)ccc3-c3ccccc3)cn2)cc1. The number of carbonyl (C=O) groups excluding carboxylic acids is 1. The minimum absolute atomic E-state index is 0.0244. The molecule has 0 radical (unpaired) electrons. The van der Waals surface area contributed by atoms with Crippen molar-refractivity contribution < 1.29 is 27.1 Å². The van der Waals surface area contributed by atoms with Gasteiger partial charge >= 0.3 is 18.2 Å². The van der Waals surface area contributed by atoms with E-state index < -0.39 is 23.6 Å². The molecule has 0 aliphatic rings. The van der Waals surface area contributed by atoms with Crippen LogP contribution in [0.1, 0.15) is 5.56 Å². The minimum atomic E-state index is -4.59. The second-order valence-corrected chi connectivity index (χ2v) is 8.67. The average Bonchev–Trinajstić information content (AvgIpc) is 2.96. The van der Waals surface area contributed by atoms with Crippen molar-refractivity contribution in [1.82, 2.24) is 15.0 Å². The van der Waals surface area contributed by atoms with Gasteiger partial charge in [0.1, 0.15) is 17.4 Å². The van der Waals surface area contributed by atoms with Crippen LogP contribution in [0.3, 0.4) is 0 Å². The lowest BCUT2D eigenvalue weighted by molar-refractivity contribution is -0.137. The maximum atomic E-state index is 13.5. The lowest BCUT2D eigenvalue weighted by Crippen LogP contribution is -2.20. The van der Waals surface area contributed by atoms with Gasteiger partial charge in [0.25, 0.3) is 0 Å². The summed E-state index contributed by atoms with van der Waals surface area (Å²) in [4.78, 5) is 24.6. The molecule has 0 saturated heterocycles. The van der Waals surface area contributed by atoms with E-state index in [9.17, 15) is 22.4 Å². The molecule has 5 rings (SSSR count). The summed E-state index contributed by atoms with van der Waals surface area (Å²) < 4.78 is 59.1. The lowest BCUT2D eigenvalue weighted by Gasteiger charge is -2.15. The standard InChI is InChI=1S/C29H20F4N6O2/c30-20-13-24(26(34)35-14-20)18-6-9-22(10-7-18)41-28-36-15-21(16-37-28)38-27(40)39-25-12-19(29(31,32)33)8-11-23(25)17-4-2-1-3-5-17/h1-16H,(H2,34,35)(H2,38,39,40). The topological polar surface area (TPSA) is 115 Å². The van der Waals surface area contributed by atoms with Crippen molar-refractivity contribution in [2.24, 2.45) is 0 Å². The quantitative estimate of drug-likeness (QED) is 0.187. The number of benzene rings is 3. The Kier molecular flexibility index (Phi) is 7.46. The highest BCUT2D eigenvalue weighted by Crippen LogP contribution is 2.36. The molecule has 5 aromatic rings. The van der Waals surface area contributed by atoms with Gasteiger partial charge in [0.2, 0.25) is 0 Å². The molecule has 2 aromatic heterocycles. The number of halogens is 4. The van der Waals surface area contributed by atoms with Crippen LogP contribution in [0.5, 0.6) is 11.8 Å². The number of nitrogens with one attached hydrogen (secondary N) is 2. The maximum absolute atomic E-state index is 13.5. The molecule has 3 aromatic carbocycles. The van der Waals surface area contributed by atoms with Gasteiger partial charge in [0.15, 0.2) is 0 Å². The average molecular weight is 561 g/mol. The molecule has 8 nitrogen and oxygen atoms in total. The summed E-state index contributed by atoms with van der Waals surface area (Å²) in [5.41, 5.74) is 7.18. The molecule has 206 valence electrons. The van der Waals surface area contributed by atoms with Gasteiger partial charge < -0.3 is 21.1 Å². The van der Waals surface area contributed by atoms with Crippen molar-refractivity contribution in [3.05, 3.63) is 109 Å². The zero-order valence-corrected chi connectivity index (χ0v) is 21.0. The van der Waals surface area contributed by atoms with Gasteiger partial charge in [-0.2, -0.15) is 13.2 Å². The Morgan fingerprint density at radius 2 is 1.46 bits per heavy atom. The molecular formula is C29H20F4N6O2. The first-order valence-corrected chi connectivity index (χ1v) is 12.0. The number of hydrogen-bond acceptors (Lipinski definition) is 6. The Morgan fingerprint density at radius 3 is 2.15 bits per heavy atom. The number of anilines is 3. The smallest absolute Gasteiger partial charge is 0.416 e. The van der Waals surface area contributed by atoms with Crippen LogP contribution in [0.15, 0.2) is 97.5 Å². The highest BCUT2D eigenvalue weighted by molar-refractivity contribution is 6.02. The van der Waals surface area contributed by atoms with Gasteiger partial charge in [-0.25, -0.2) is 24.1 Å². The normalized spacial score (nSPS) is 11.1. The summed E-state index contributed by atoms with van der Waals surface area (Å²) in [6.07, 6.45) is -1.00. The molecule has 0 spiro atoms. The highest BCUT2D eigenvalue weighted by atomic mass is 19.4. The lowest BCUT2D eigenvalue weighted by atomic mass is 10.0. The Hall–Kier alpha value is -5.52. The summed E-state index contributed by atoms with van der Waals surface area (Å²) >= 11 is 0. The highest BCUT2D eigenvalue weighted by Gasteiger charge is 2.31. The van der Waals surface area contributed by atoms with Crippen molar-refractivity contribution >= 4 is 23.2 Å². The molecule has 0 fully saturated rings. The van der Waals surface area contributed by atoms with Crippen LogP contribution in [0.4, 0.5) is 39.5 Å². The van der Waals surface area contributed by atoms with Crippen LogP contribution in [0.2, 0.25) is 0 Å². The number of urea groups is 1. The van der Waals surface area contributed by atoms with Gasteiger partial charge in [0.05, 0.1) is 35.5 Å². The Bertz CT molecular complexity index is 1680. The van der Waals surface area contributed by atoms with E-state index in [-0.39, 0.29) is 23.2 Å². The fourth-order valence-electron chi connectivity index (χ4n) is 3.90. The van der Waals surface area contributed by atoms with Gasteiger partial charge in [-0.1, -0.05) is 48.5 Å². The van der Waals surface area contributed by atoms with Crippen LogP contribution in [-0.4, -0.2) is 21.0 Å². The molecule has 2 heterocycles. The summed E-state index contributed by atoms with van der Waals surface area (Å²) in [6, 6.07) is 18.9. The number of alkyl halides is 3. The molecule has 0 aliphatic carbocycles. The molecule has 0 aliphatic heterocycles. The monoisotopic (exact) mass is 560 g/mol. The van der Waals surface area contributed by atoms with Crippen molar-refractivity contribution in [1.29, 1.82) is 0 Å². The fourth-order valence-corrected chi connectivity index (χ4v) is 3.90. The number of amides is 2. The van der Waals surface area contributed by atoms with E-state index >= 15 is 0 Å². The summed E-state index contributed by atoms with van der Waals surface area (Å²) in [5, 5.41) is 4.97. The van der Waals surface area contributed by atoms with Gasteiger partial charge in [-0.05, 0) is 41.5 Å². The van der Waals surface area contributed by atoms with Crippen molar-refractivity contribution in [2.45, 2.75) is 6.18 Å². The molecule has 4 N–H and O–H groups in total. The zero-order chi connectivity index (χ0) is 29.0. The van der Waals surface area contributed by atoms with E-state index in [1.165, 1.54) is 24.5 Å². The van der Waals surface area contributed by atoms with Crippen LogP contribution >= 0.6 is 0 Å². The molecule has 2 amide bonds.